The molecule has 0 saturated carbocycles. The Labute approximate surface area is 109 Å². The second-order valence-corrected chi connectivity index (χ2v) is 5.09. The Kier molecular flexibility index (Phi) is 2.72. The number of hydrogen-bond donors (Lipinski definition) is 0. The van der Waals surface area contributed by atoms with Crippen molar-refractivity contribution in [1.82, 2.24) is 0 Å². The third kappa shape index (κ3) is 1.75. The topological polar surface area (TPSA) is 37.4 Å². The number of nitrogens with zero attached hydrogens (tertiary/aromatic N) is 1. The van der Waals surface area contributed by atoms with Crippen LogP contribution in [0.25, 0.3) is 0 Å². The van der Waals surface area contributed by atoms with Crippen molar-refractivity contribution in [1.29, 1.82) is 0 Å². The molecular weight excluding hydrogens is 246 g/mol. The minimum Gasteiger partial charge on any atom is -0.305 e. The van der Waals surface area contributed by atoms with Crippen molar-refractivity contribution in [2.75, 3.05) is 11.4 Å². The quantitative estimate of drug-likeness (QED) is 0.612. The predicted molar refractivity (Wildman–Crippen MR) is 71.1 cm³/mol. The van der Waals surface area contributed by atoms with E-state index in [1.54, 1.807) is 22.4 Å². The molecule has 1 aliphatic heterocycles. The van der Waals surface area contributed by atoms with Gasteiger partial charge in [-0.2, -0.15) is 0 Å². The highest BCUT2D eigenvalue weighted by molar-refractivity contribution is 7.13. The standard InChI is InChI=1S/C14H11NO2S/c16-13(12-6-3-9-18-12)14(17)15-8-7-10-4-1-2-5-11(10)15/h1-6,9H,7-8H2. The maximum absolute atomic E-state index is 12.2. The summed E-state index contributed by atoms with van der Waals surface area (Å²) in [5.74, 6) is -0.843. The summed E-state index contributed by atoms with van der Waals surface area (Å²) < 4.78 is 0. The molecule has 0 N–H and O–H groups in total. The van der Waals surface area contributed by atoms with Gasteiger partial charge < -0.3 is 4.90 Å². The first kappa shape index (κ1) is 11.2. The summed E-state index contributed by atoms with van der Waals surface area (Å²) in [5.41, 5.74) is 2.00. The second-order valence-electron chi connectivity index (χ2n) is 4.14. The SMILES string of the molecule is O=C(C(=O)N1CCc2ccccc21)c1cccs1. The van der Waals surface area contributed by atoms with Crippen LogP contribution in [0.1, 0.15) is 15.2 Å². The molecule has 2 aromatic rings. The van der Waals surface area contributed by atoms with Crippen LogP contribution in [0.3, 0.4) is 0 Å². The van der Waals surface area contributed by atoms with Gasteiger partial charge in [-0.15, -0.1) is 11.3 Å². The number of para-hydroxylation sites is 1. The summed E-state index contributed by atoms with van der Waals surface area (Å²) in [6.45, 7) is 0.593. The molecule has 2 heterocycles. The number of hydrogen-bond acceptors (Lipinski definition) is 3. The van der Waals surface area contributed by atoms with Gasteiger partial charge in [0.05, 0.1) is 4.88 Å². The highest BCUT2D eigenvalue weighted by Crippen LogP contribution is 2.28. The van der Waals surface area contributed by atoms with Gasteiger partial charge >= 0.3 is 0 Å². The van der Waals surface area contributed by atoms with Crippen LogP contribution in [0.15, 0.2) is 41.8 Å². The van der Waals surface area contributed by atoms with Gasteiger partial charge in [0, 0.05) is 12.2 Å². The second kappa shape index (κ2) is 4.38. The Morgan fingerprint density at radius 2 is 1.94 bits per heavy atom. The number of ketones is 1. The number of fused-ring (bicyclic) bond motifs is 1. The van der Waals surface area contributed by atoms with Gasteiger partial charge in [0.2, 0.25) is 0 Å². The summed E-state index contributed by atoms with van der Waals surface area (Å²) in [6, 6.07) is 11.2. The third-order valence-electron chi connectivity index (χ3n) is 3.07. The summed E-state index contributed by atoms with van der Waals surface area (Å²) >= 11 is 1.30. The fraction of sp³-hybridized carbons (Fsp3) is 0.143. The molecule has 4 heteroatoms. The largest absolute Gasteiger partial charge is 0.305 e. The van der Waals surface area contributed by atoms with Crippen LogP contribution in [-0.2, 0) is 11.2 Å². The van der Waals surface area contributed by atoms with Crippen molar-refractivity contribution in [3.63, 3.8) is 0 Å². The van der Waals surface area contributed by atoms with E-state index in [0.29, 0.717) is 11.4 Å². The molecule has 90 valence electrons. The molecule has 0 atom stereocenters. The smallest absolute Gasteiger partial charge is 0.300 e. The van der Waals surface area contributed by atoms with E-state index in [-0.39, 0.29) is 0 Å². The molecule has 1 aromatic heterocycles. The first-order chi connectivity index (χ1) is 8.77. The summed E-state index contributed by atoms with van der Waals surface area (Å²) in [5, 5.41) is 1.80. The molecule has 3 nitrogen and oxygen atoms in total. The lowest BCUT2D eigenvalue weighted by molar-refractivity contribution is -0.114. The van der Waals surface area contributed by atoms with Crippen molar-refractivity contribution in [3.05, 3.63) is 52.2 Å². The van der Waals surface area contributed by atoms with E-state index in [4.69, 9.17) is 0 Å². The maximum atomic E-state index is 12.2. The molecule has 0 fully saturated rings. The third-order valence-corrected chi connectivity index (χ3v) is 3.94. The normalized spacial score (nSPS) is 13.4. The van der Waals surface area contributed by atoms with E-state index in [1.807, 2.05) is 24.3 Å². The van der Waals surface area contributed by atoms with Gasteiger partial charge in [-0.1, -0.05) is 24.3 Å². The van der Waals surface area contributed by atoms with Crippen LogP contribution < -0.4 is 4.90 Å². The molecule has 1 amide bonds. The number of rotatable bonds is 2. The van der Waals surface area contributed by atoms with Crippen molar-refractivity contribution < 1.29 is 9.59 Å². The Hall–Kier alpha value is -1.94. The molecule has 0 unspecified atom stereocenters. The van der Waals surface area contributed by atoms with Crippen molar-refractivity contribution in [2.45, 2.75) is 6.42 Å². The molecular formula is C14H11NO2S. The van der Waals surface area contributed by atoms with Crippen molar-refractivity contribution in [2.24, 2.45) is 0 Å². The zero-order valence-electron chi connectivity index (χ0n) is 9.63. The number of carbonyl (C=O) groups excluding carboxylic acids is 2. The van der Waals surface area contributed by atoms with Crippen LogP contribution in [0.5, 0.6) is 0 Å². The Morgan fingerprint density at radius 3 is 2.72 bits per heavy atom. The number of Topliss-reactive ketones (excluding diaryl/α,β-unsaturated/α-hetero) is 1. The van der Waals surface area contributed by atoms with E-state index in [2.05, 4.69) is 0 Å². The first-order valence-electron chi connectivity index (χ1n) is 5.75. The molecule has 0 aliphatic carbocycles. The predicted octanol–water partition coefficient (Wildman–Crippen LogP) is 2.52. The lowest BCUT2D eigenvalue weighted by Crippen LogP contribution is -2.34. The van der Waals surface area contributed by atoms with Gasteiger partial charge in [0.1, 0.15) is 0 Å². The van der Waals surface area contributed by atoms with E-state index in [9.17, 15) is 9.59 Å². The average molecular weight is 257 g/mol. The number of carbonyl (C=O) groups is 2. The van der Waals surface area contributed by atoms with Gasteiger partial charge in [-0.25, -0.2) is 0 Å². The highest BCUT2D eigenvalue weighted by atomic mass is 32.1. The van der Waals surface area contributed by atoms with E-state index >= 15 is 0 Å². The van der Waals surface area contributed by atoms with Gasteiger partial charge in [0.15, 0.2) is 0 Å². The van der Waals surface area contributed by atoms with Crippen molar-refractivity contribution >= 4 is 28.7 Å². The zero-order chi connectivity index (χ0) is 12.5. The number of thiophene rings is 1. The molecule has 3 rings (SSSR count). The van der Waals surface area contributed by atoms with Crippen LogP contribution in [0.2, 0.25) is 0 Å². The average Bonchev–Trinajstić information content (AvgIpc) is 3.06. The number of anilines is 1. The molecule has 0 bridgehead atoms. The van der Waals surface area contributed by atoms with E-state index in [1.165, 1.54) is 11.3 Å². The van der Waals surface area contributed by atoms with Crippen molar-refractivity contribution in [3.8, 4) is 0 Å². The van der Waals surface area contributed by atoms with Crippen LogP contribution in [-0.4, -0.2) is 18.2 Å². The molecule has 0 saturated heterocycles. The Morgan fingerprint density at radius 1 is 1.11 bits per heavy atom. The molecule has 18 heavy (non-hydrogen) atoms. The molecule has 0 radical (unpaired) electrons. The molecule has 0 spiro atoms. The number of amides is 1. The van der Waals surface area contributed by atoms with Gasteiger partial charge in [0.25, 0.3) is 11.7 Å². The van der Waals surface area contributed by atoms with E-state index in [0.717, 1.165) is 17.7 Å². The van der Waals surface area contributed by atoms with Crippen LogP contribution in [0.4, 0.5) is 5.69 Å². The van der Waals surface area contributed by atoms with Crippen LogP contribution in [0, 0.1) is 0 Å². The Bertz CT molecular complexity index is 604. The number of benzene rings is 1. The minimum absolute atomic E-state index is 0.415. The molecule has 1 aromatic carbocycles. The fourth-order valence-electron chi connectivity index (χ4n) is 2.18. The molecule has 1 aliphatic rings. The minimum atomic E-state index is -0.428. The monoisotopic (exact) mass is 257 g/mol. The summed E-state index contributed by atoms with van der Waals surface area (Å²) in [6.07, 6.45) is 0.819. The van der Waals surface area contributed by atoms with Gasteiger partial charge in [-0.05, 0) is 29.5 Å². The van der Waals surface area contributed by atoms with E-state index < -0.39 is 11.7 Å². The summed E-state index contributed by atoms with van der Waals surface area (Å²) in [7, 11) is 0. The Balaban J connectivity index is 1.89. The maximum Gasteiger partial charge on any atom is 0.300 e. The summed E-state index contributed by atoms with van der Waals surface area (Å²) in [4.78, 5) is 26.3. The van der Waals surface area contributed by atoms with Crippen LogP contribution >= 0.6 is 11.3 Å². The first-order valence-corrected chi connectivity index (χ1v) is 6.63. The van der Waals surface area contributed by atoms with Gasteiger partial charge in [-0.3, -0.25) is 9.59 Å². The zero-order valence-corrected chi connectivity index (χ0v) is 10.4. The lowest BCUT2D eigenvalue weighted by Gasteiger charge is -2.15. The highest BCUT2D eigenvalue weighted by Gasteiger charge is 2.29. The fourth-order valence-corrected chi connectivity index (χ4v) is 2.84. The lowest BCUT2D eigenvalue weighted by atomic mass is 10.2.